The topological polar surface area (TPSA) is 26.3 Å². The molecule has 0 aromatic heterocycles. The van der Waals surface area contributed by atoms with Crippen molar-refractivity contribution in [3.8, 4) is 5.75 Å². The van der Waals surface area contributed by atoms with Gasteiger partial charge in [-0.3, -0.25) is 0 Å². The van der Waals surface area contributed by atoms with Crippen LogP contribution in [0.5, 0.6) is 5.75 Å². The van der Waals surface area contributed by atoms with E-state index in [2.05, 4.69) is 19.9 Å². The molecule has 0 unspecified atom stereocenters. The van der Waals surface area contributed by atoms with Gasteiger partial charge in [0.25, 0.3) is 0 Å². The fourth-order valence-corrected chi connectivity index (χ4v) is 1.84. The van der Waals surface area contributed by atoms with Crippen LogP contribution in [0.4, 0.5) is 0 Å². The molecule has 0 bridgehead atoms. The van der Waals surface area contributed by atoms with E-state index >= 15 is 0 Å². The molecule has 0 amide bonds. The molecule has 0 aliphatic carbocycles. The molecule has 2 nitrogen and oxygen atoms in total. The maximum Gasteiger partial charge on any atom is 0.138 e. The van der Waals surface area contributed by atoms with Gasteiger partial charge >= 0.3 is 0 Å². The molecule has 0 atom stereocenters. The summed E-state index contributed by atoms with van der Waals surface area (Å²) < 4.78 is 5.24. The number of aldehydes is 1. The van der Waals surface area contributed by atoms with Gasteiger partial charge in [0.1, 0.15) is 12.0 Å². The van der Waals surface area contributed by atoms with Gasteiger partial charge in [-0.15, -0.1) is 0 Å². The first-order valence-corrected chi connectivity index (χ1v) is 5.77. The Bertz CT molecular complexity index is 372. The number of methoxy groups -OCH3 is 1. The lowest BCUT2D eigenvalue weighted by molar-refractivity contribution is -0.107. The average Bonchev–Trinajstić information content (AvgIpc) is 2.27. The molecule has 0 aliphatic heterocycles. The lowest BCUT2D eigenvalue weighted by atomic mass is 9.98. The average molecular weight is 241 g/mol. The molecule has 88 valence electrons. The molecule has 0 N–H and O–H groups in total. The van der Waals surface area contributed by atoms with Crippen molar-refractivity contribution in [3.63, 3.8) is 0 Å². The van der Waals surface area contributed by atoms with E-state index in [1.54, 1.807) is 7.11 Å². The Balaban J connectivity index is 3.13. The first kappa shape index (κ1) is 13.0. The Morgan fingerprint density at radius 1 is 1.44 bits per heavy atom. The zero-order valence-electron chi connectivity index (χ0n) is 9.92. The van der Waals surface area contributed by atoms with Crippen molar-refractivity contribution < 1.29 is 9.53 Å². The number of aryl methyl sites for hydroxylation is 1. The highest BCUT2D eigenvalue weighted by molar-refractivity contribution is 6.32. The summed E-state index contributed by atoms with van der Waals surface area (Å²) in [6.07, 6.45) is 2.06. The van der Waals surface area contributed by atoms with Crippen LogP contribution in [0.15, 0.2) is 12.1 Å². The fraction of sp³-hybridized carbons (Fsp3) is 0.462. The maximum atomic E-state index is 10.4. The van der Waals surface area contributed by atoms with E-state index in [0.29, 0.717) is 29.5 Å². The first-order chi connectivity index (χ1) is 7.60. The minimum absolute atomic E-state index is 0.418. The summed E-state index contributed by atoms with van der Waals surface area (Å²) in [7, 11) is 1.61. The largest absolute Gasteiger partial charge is 0.495 e. The van der Waals surface area contributed by atoms with Crippen LogP contribution < -0.4 is 4.74 Å². The molecule has 0 saturated carbocycles. The van der Waals surface area contributed by atoms with Crippen LogP contribution in [-0.4, -0.2) is 13.4 Å². The van der Waals surface area contributed by atoms with Crippen LogP contribution in [0, 0.1) is 0 Å². The van der Waals surface area contributed by atoms with E-state index < -0.39 is 0 Å². The molecule has 0 fully saturated rings. The van der Waals surface area contributed by atoms with E-state index in [1.807, 2.05) is 6.07 Å². The fourth-order valence-electron chi connectivity index (χ4n) is 1.56. The number of benzene rings is 1. The summed E-state index contributed by atoms with van der Waals surface area (Å²) in [6, 6.07) is 4.01. The molecule has 1 rings (SSSR count). The smallest absolute Gasteiger partial charge is 0.138 e. The molecule has 0 spiro atoms. The van der Waals surface area contributed by atoms with Crippen LogP contribution in [0.3, 0.4) is 0 Å². The van der Waals surface area contributed by atoms with Crippen LogP contribution in [0.1, 0.15) is 37.3 Å². The predicted octanol–water partition coefficient (Wildman–Crippen LogP) is 3.60. The van der Waals surface area contributed by atoms with Crippen LogP contribution in [0.25, 0.3) is 0 Å². The minimum Gasteiger partial charge on any atom is -0.495 e. The Morgan fingerprint density at radius 2 is 2.12 bits per heavy atom. The van der Waals surface area contributed by atoms with Crippen molar-refractivity contribution in [2.45, 2.75) is 32.6 Å². The third-order valence-corrected chi connectivity index (χ3v) is 2.98. The van der Waals surface area contributed by atoms with Gasteiger partial charge in [0.05, 0.1) is 12.1 Å². The van der Waals surface area contributed by atoms with Gasteiger partial charge in [0.2, 0.25) is 0 Å². The third-order valence-electron chi connectivity index (χ3n) is 2.56. The second kappa shape index (κ2) is 5.90. The lowest BCUT2D eigenvalue weighted by Crippen LogP contribution is -1.97. The molecule has 1 aromatic carbocycles. The zero-order chi connectivity index (χ0) is 12.1. The molecule has 0 aliphatic rings. The number of hydrogen-bond donors (Lipinski definition) is 0. The molecular formula is C13H17ClO2. The van der Waals surface area contributed by atoms with E-state index in [0.717, 1.165) is 11.8 Å². The van der Waals surface area contributed by atoms with E-state index in [4.69, 9.17) is 16.3 Å². The monoisotopic (exact) mass is 240 g/mol. The minimum atomic E-state index is 0.418. The number of hydrogen-bond acceptors (Lipinski definition) is 2. The van der Waals surface area contributed by atoms with Gasteiger partial charge in [0, 0.05) is 6.42 Å². The van der Waals surface area contributed by atoms with Gasteiger partial charge in [-0.2, -0.15) is 0 Å². The Labute approximate surface area is 102 Å². The van der Waals surface area contributed by atoms with Crippen molar-refractivity contribution in [2.24, 2.45) is 0 Å². The Hall–Kier alpha value is -1.02. The quantitative estimate of drug-likeness (QED) is 0.735. The van der Waals surface area contributed by atoms with Crippen LogP contribution in [0.2, 0.25) is 5.02 Å². The molecule has 0 heterocycles. The van der Waals surface area contributed by atoms with Gasteiger partial charge < -0.3 is 9.53 Å². The van der Waals surface area contributed by atoms with Gasteiger partial charge in [-0.1, -0.05) is 31.5 Å². The standard InChI is InChI=1S/C13H17ClO2/c1-9(2)11-7-10(5-4-6-15)13(14)12(8-11)16-3/h6-9H,4-5H2,1-3H3. The third kappa shape index (κ3) is 2.99. The van der Waals surface area contributed by atoms with Gasteiger partial charge in [-0.05, 0) is 29.5 Å². The second-order valence-corrected chi connectivity index (χ2v) is 4.43. The van der Waals surface area contributed by atoms with Crippen molar-refractivity contribution in [1.82, 2.24) is 0 Å². The van der Waals surface area contributed by atoms with E-state index in [9.17, 15) is 4.79 Å². The number of carbonyl (C=O) groups excluding carboxylic acids is 1. The van der Waals surface area contributed by atoms with Crippen molar-refractivity contribution in [2.75, 3.05) is 7.11 Å². The maximum absolute atomic E-state index is 10.4. The number of halogens is 1. The number of rotatable bonds is 5. The molecule has 16 heavy (non-hydrogen) atoms. The van der Waals surface area contributed by atoms with E-state index in [-0.39, 0.29) is 0 Å². The molecule has 1 aromatic rings. The van der Waals surface area contributed by atoms with Crippen molar-refractivity contribution in [1.29, 1.82) is 0 Å². The Kier molecular flexibility index (Phi) is 4.81. The first-order valence-electron chi connectivity index (χ1n) is 5.40. The Morgan fingerprint density at radius 3 is 2.62 bits per heavy atom. The summed E-state index contributed by atoms with van der Waals surface area (Å²) in [6.45, 7) is 4.23. The van der Waals surface area contributed by atoms with Crippen molar-refractivity contribution in [3.05, 3.63) is 28.3 Å². The number of carbonyl (C=O) groups is 1. The molecular weight excluding hydrogens is 224 g/mol. The highest BCUT2D eigenvalue weighted by Crippen LogP contribution is 2.33. The SMILES string of the molecule is COc1cc(C(C)C)cc(CCC=O)c1Cl. The normalized spacial score (nSPS) is 10.6. The second-order valence-electron chi connectivity index (χ2n) is 4.06. The zero-order valence-corrected chi connectivity index (χ0v) is 10.7. The summed E-state index contributed by atoms with van der Waals surface area (Å²) in [4.78, 5) is 10.4. The van der Waals surface area contributed by atoms with E-state index in [1.165, 1.54) is 5.56 Å². The van der Waals surface area contributed by atoms with Crippen molar-refractivity contribution >= 4 is 17.9 Å². The number of ether oxygens (including phenoxy) is 1. The molecule has 0 radical (unpaired) electrons. The van der Waals surface area contributed by atoms with Crippen LogP contribution >= 0.6 is 11.6 Å². The summed E-state index contributed by atoms with van der Waals surface area (Å²) in [5.41, 5.74) is 2.17. The molecule has 3 heteroatoms. The van der Waals surface area contributed by atoms with Gasteiger partial charge in [0.15, 0.2) is 0 Å². The van der Waals surface area contributed by atoms with Gasteiger partial charge in [-0.25, -0.2) is 0 Å². The van der Waals surface area contributed by atoms with Crippen LogP contribution in [-0.2, 0) is 11.2 Å². The highest BCUT2D eigenvalue weighted by Gasteiger charge is 2.11. The highest BCUT2D eigenvalue weighted by atomic mass is 35.5. The molecule has 0 saturated heterocycles. The summed E-state index contributed by atoms with van der Waals surface area (Å²) >= 11 is 6.18. The predicted molar refractivity (Wildman–Crippen MR) is 66.5 cm³/mol. The summed E-state index contributed by atoms with van der Waals surface area (Å²) in [5, 5.41) is 0.619. The summed E-state index contributed by atoms with van der Waals surface area (Å²) in [5.74, 6) is 1.11. The lowest BCUT2D eigenvalue weighted by Gasteiger charge is -2.13.